The summed E-state index contributed by atoms with van der Waals surface area (Å²) in [5.41, 5.74) is 1.25. The lowest BCUT2D eigenvalue weighted by Crippen LogP contribution is -2.42. The van der Waals surface area contributed by atoms with Crippen LogP contribution in [0.15, 0.2) is 30.5 Å². The molecule has 1 saturated heterocycles. The largest absolute Gasteiger partial charge is 0.382 e. The molecule has 1 aliphatic heterocycles. The minimum absolute atomic E-state index is 0.0201. The second kappa shape index (κ2) is 6.02. The van der Waals surface area contributed by atoms with Crippen molar-refractivity contribution in [3.8, 4) is 0 Å². The van der Waals surface area contributed by atoms with Crippen LogP contribution in [0.2, 0.25) is 0 Å². The highest BCUT2D eigenvalue weighted by Crippen LogP contribution is 2.28. The van der Waals surface area contributed by atoms with Crippen molar-refractivity contribution in [3.63, 3.8) is 0 Å². The van der Waals surface area contributed by atoms with Crippen molar-refractivity contribution in [2.75, 3.05) is 31.6 Å². The number of benzene rings is 1. The van der Waals surface area contributed by atoms with Gasteiger partial charge in [0.2, 0.25) is 0 Å². The standard InChI is InChI=1S/C14H16N4O3/c19-18(20)13-3-1-2-11-12(4-5-16-14(11)13)17-9-10-8-15-6-7-21-10/h1-5,10,15H,6-9H2,(H,16,17). The van der Waals surface area contributed by atoms with Crippen LogP contribution in [0.3, 0.4) is 0 Å². The van der Waals surface area contributed by atoms with E-state index < -0.39 is 4.92 Å². The highest BCUT2D eigenvalue weighted by atomic mass is 16.6. The van der Waals surface area contributed by atoms with Gasteiger partial charge >= 0.3 is 0 Å². The first kappa shape index (κ1) is 13.7. The number of nitro benzene ring substituents is 1. The molecular weight excluding hydrogens is 272 g/mol. The first-order valence-corrected chi connectivity index (χ1v) is 6.84. The predicted octanol–water partition coefficient (Wildman–Crippen LogP) is 1.54. The van der Waals surface area contributed by atoms with E-state index in [2.05, 4.69) is 15.6 Å². The molecule has 1 aromatic heterocycles. The van der Waals surface area contributed by atoms with Gasteiger partial charge in [-0.25, -0.2) is 4.98 Å². The maximum Gasteiger partial charge on any atom is 0.295 e. The molecule has 2 N–H and O–H groups in total. The third kappa shape index (κ3) is 2.93. The number of ether oxygens (including phenoxy) is 1. The molecule has 0 amide bonds. The molecule has 1 aromatic carbocycles. The predicted molar refractivity (Wildman–Crippen MR) is 79.5 cm³/mol. The minimum atomic E-state index is -0.409. The number of fused-ring (bicyclic) bond motifs is 1. The molecular formula is C14H16N4O3. The number of pyridine rings is 1. The van der Waals surface area contributed by atoms with Crippen molar-refractivity contribution in [2.24, 2.45) is 0 Å². The molecule has 0 bridgehead atoms. The second-order valence-corrected chi connectivity index (χ2v) is 4.87. The first-order chi connectivity index (χ1) is 10.3. The van der Waals surface area contributed by atoms with Gasteiger partial charge in [-0.05, 0) is 6.07 Å². The average Bonchev–Trinajstić information content (AvgIpc) is 2.53. The van der Waals surface area contributed by atoms with Crippen LogP contribution in [-0.4, -0.2) is 42.3 Å². The molecule has 2 aromatic rings. The Morgan fingerprint density at radius 1 is 1.48 bits per heavy atom. The van der Waals surface area contributed by atoms with Crippen molar-refractivity contribution in [2.45, 2.75) is 6.10 Å². The summed E-state index contributed by atoms with van der Waals surface area (Å²) in [6, 6.07) is 6.79. The summed E-state index contributed by atoms with van der Waals surface area (Å²) in [4.78, 5) is 14.8. The number of hydrogen-bond donors (Lipinski definition) is 2. The second-order valence-electron chi connectivity index (χ2n) is 4.87. The molecule has 2 heterocycles. The lowest BCUT2D eigenvalue weighted by Gasteiger charge is -2.24. The van der Waals surface area contributed by atoms with E-state index in [0.29, 0.717) is 18.7 Å². The summed E-state index contributed by atoms with van der Waals surface area (Å²) >= 11 is 0. The maximum absolute atomic E-state index is 11.0. The number of anilines is 1. The van der Waals surface area contributed by atoms with Gasteiger partial charge in [0.15, 0.2) is 0 Å². The Morgan fingerprint density at radius 2 is 2.38 bits per heavy atom. The van der Waals surface area contributed by atoms with Gasteiger partial charge in [-0.2, -0.15) is 0 Å². The van der Waals surface area contributed by atoms with E-state index in [4.69, 9.17) is 4.74 Å². The van der Waals surface area contributed by atoms with E-state index in [1.54, 1.807) is 12.3 Å². The molecule has 7 nitrogen and oxygen atoms in total. The Balaban J connectivity index is 1.85. The van der Waals surface area contributed by atoms with Gasteiger partial charge in [0.05, 0.1) is 17.6 Å². The van der Waals surface area contributed by atoms with Crippen molar-refractivity contribution < 1.29 is 9.66 Å². The topological polar surface area (TPSA) is 89.3 Å². The van der Waals surface area contributed by atoms with Crippen LogP contribution in [0.1, 0.15) is 0 Å². The number of hydrogen-bond acceptors (Lipinski definition) is 6. The Hall–Kier alpha value is -2.25. The highest BCUT2D eigenvalue weighted by molar-refractivity contribution is 5.96. The van der Waals surface area contributed by atoms with E-state index >= 15 is 0 Å². The average molecular weight is 288 g/mol. The molecule has 0 aliphatic carbocycles. The number of nitrogens with one attached hydrogen (secondary N) is 2. The number of non-ortho nitro benzene ring substituents is 1. The van der Waals surface area contributed by atoms with E-state index in [9.17, 15) is 10.1 Å². The van der Waals surface area contributed by atoms with Gasteiger partial charge in [-0.15, -0.1) is 0 Å². The fourth-order valence-corrected chi connectivity index (χ4v) is 2.44. The van der Waals surface area contributed by atoms with Crippen LogP contribution < -0.4 is 10.6 Å². The Bertz CT molecular complexity index is 656. The summed E-state index contributed by atoms with van der Waals surface area (Å²) in [6.07, 6.45) is 1.68. The van der Waals surface area contributed by atoms with Crippen LogP contribution in [0.4, 0.5) is 11.4 Å². The first-order valence-electron chi connectivity index (χ1n) is 6.84. The third-order valence-electron chi connectivity index (χ3n) is 3.47. The van der Waals surface area contributed by atoms with Gasteiger partial charge in [0.1, 0.15) is 5.52 Å². The number of nitro groups is 1. The fourth-order valence-electron chi connectivity index (χ4n) is 2.44. The van der Waals surface area contributed by atoms with E-state index in [-0.39, 0.29) is 11.8 Å². The zero-order chi connectivity index (χ0) is 14.7. The van der Waals surface area contributed by atoms with Crippen molar-refractivity contribution >= 4 is 22.3 Å². The molecule has 0 radical (unpaired) electrons. The van der Waals surface area contributed by atoms with E-state index in [0.717, 1.165) is 24.2 Å². The molecule has 110 valence electrons. The normalized spacial score (nSPS) is 18.6. The summed E-state index contributed by atoms with van der Waals surface area (Å²) in [5, 5.41) is 18.4. The van der Waals surface area contributed by atoms with Crippen molar-refractivity contribution in [1.82, 2.24) is 10.3 Å². The van der Waals surface area contributed by atoms with E-state index in [1.165, 1.54) is 6.07 Å². The number of nitrogens with zero attached hydrogens (tertiary/aromatic N) is 2. The minimum Gasteiger partial charge on any atom is -0.382 e. The summed E-state index contributed by atoms with van der Waals surface area (Å²) < 4.78 is 5.62. The highest BCUT2D eigenvalue weighted by Gasteiger charge is 2.16. The molecule has 0 spiro atoms. The molecule has 0 saturated carbocycles. The summed E-state index contributed by atoms with van der Waals surface area (Å²) in [6.45, 7) is 3.03. The number of morpholine rings is 1. The number of aromatic nitrogens is 1. The molecule has 3 rings (SSSR count). The molecule has 1 aliphatic rings. The zero-order valence-corrected chi connectivity index (χ0v) is 11.4. The monoisotopic (exact) mass is 288 g/mol. The Morgan fingerprint density at radius 3 is 3.14 bits per heavy atom. The maximum atomic E-state index is 11.0. The van der Waals surface area contributed by atoms with Crippen LogP contribution in [0, 0.1) is 10.1 Å². The summed E-state index contributed by atoms with van der Waals surface area (Å²) in [7, 11) is 0. The van der Waals surface area contributed by atoms with Crippen molar-refractivity contribution in [3.05, 3.63) is 40.6 Å². The Kier molecular flexibility index (Phi) is 3.94. The molecule has 7 heteroatoms. The van der Waals surface area contributed by atoms with Crippen LogP contribution >= 0.6 is 0 Å². The van der Waals surface area contributed by atoms with Gasteiger partial charge in [0, 0.05) is 43.0 Å². The molecule has 1 atom stereocenters. The molecule has 1 fully saturated rings. The quantitative estimate of drug-likeness (QED) is 0.655. The van der Waals surface area contributed by atoms with Gasteiger partial charge in [-0.1, -0.05) is 12.1 Å². The fraction of sp³-hybridized carbons (Fsp3) is 0.357. The third-order valence-corrected chi connectivity index (χ3v) is 3.47. The molecule has 21 heavy (non-hydrogen) atoms. The smallest absolute Gasteiger partial charge is 0.295 e. The van der Waals surface area contributed by atoms with Gasteiger partial charge in [-0.3, -0.25) is 10.1 Å². The van der Waals surface area contributed by atoms with Crippen LogP contribution in [0.25, 0.3) is 10.9 Å². The van der Waals surface area contributed by atoms with Gasteiger partial charge < -0.3 is 15.4 Å². The SMILES string of the molecule is O=[N+]([O-])c1cccc2c(NCC3CNCCO3)ccnc12. The molecule has 1 unspecified atom stereocenters. The zero-order valence-electron chi connectivity index (χ0n) is 11.4. The van der Waals surface area contributed by atoms with Crippen molar-refractivity contribution in [1.29, 1.82) is 0 Å². The van der Waals surface area contributed by atoms with Crippen LogP contribution in [0.5, 0.6) is 0 Å². The lowest BCUT2D eigenvalue weighted by molar-refractivity contribution is -0.383. The summed E-state index contributed by atoms with van der Waals surface area (Å²) in [5.74, 6) is 0. The van der Waals surface area contributed by atoms with E-state index in [1.807, 2.05) is 12.1 Å². The number of rotatable bonds is 4. The Labute approximate surface area is 121 Å². The van der Waals surface area contributed by atoms with Gasteiger partial charge in [0.25, 0.3) is 5.69 Å². The van der Waals surface area contributed by atoms with Crippen LogP contribution in [-0.2, 0) is 4.74 Å². The lowest BCUT2D eigenvalue weighted by atomic mass is 10.1. The number of para-hydroxylation sites is 1.